The predicted octanol–water partition coefficient (Wildman–Crippen LogP) is 2.38. The Labute approximate surface area is 130 Å². The lowest BCUT2D eigenvalue weighted by Crippen LogP contribution is -2.01. The number of ether oxygens (including phenoxy) is 2. The first kappa shape index (κ1) is 17.5. The molecule has 0 fully saturated rings. The van der Waals surface area contributed by atoms with Crippen molar-refractivity contribution in [3.63, 3.8) is 0 Å². The average molecular weight is 303 g/mol. The minimum atomic E-state index is -0.505. The third-order valence-corrected chi connectivity index (χ3v) is 2.82. The maximum Gasteiger partial charge on any atom is 0.338 e. The van der Waals surface area contributed by atoms with Gasteiger partial charge in [0.1, 0.15) is 11.5 Å². The molecule has 2 rings (SSSR count). The molecule has 0 saturated heterocycles. The van der Waals surface area contributed by atoms with E-state index >= 15 is 0 Å². The zero-order valence-corrected chi connectivity index (χ0v) is 12.8. The van der Waals surface area contributed by atoms with Crippen molar-refractivity contribution in [3.05, 3.63) is 59.7 Å². The van der Waals surface area contributed by atoms with E-state index in [2.05, 4.69) is 16.9 Å². The molecule has 0 spiro atoms. The normalized spacial score (nSPS) is 9.41. The zero-order valence-electron chi connectivity index (χ0n) is 12.8. The molecule has 0 aromatic heterocycles. The molecule has 0 saturated carbocycles. The lowest BCUT2D eigenvalue weighted by atomic mass is 10.2. The topological polar surface area (TPSA) is 81.8 Å². The fraction of sp³-hybridized carbons (Fsp3) is 0.235. The zero-order chi connectivity index (χ0) is 16.4. The highest BCUT2D eigenvalue weighted by atomic mass is 16.5. The molecular formula is C17H21NO4. The molecule has 0 bridgehead atoms. The number of esters is 1. The minimum absolute atomic E-state index is 0.0280. The molecule has 0 unspecified atom stereocenters. The van der Waals surface area contributed by atoms with E-state index in [0.717, 1.165) is 13.0 Å². The number of phenols is 1. The van der Waals surface area contributed by atoms with Crippen LogP contribution < -0.4 is 10.5 Å². The van der Waals surface area contributed by atoms with Crippen molar-refractivity contribution in [2.24, 2.45) is 5.73 Å². The predicted molar refractivity (Wildman–Crippen MR) is 85.2 cm³/mol. The van der Waals surface area contributed by atoms with E-state index < -0.39 is 5.97 Å². The number of hydrogen-bond acceptors (Lipinski definition) is 5. The molecule has 0 atom stereocenters. The van der Waals surface area contributed by atoms with Crippen LogP contribution in [0.25, 0.3) is 0 Å². The number of rotatable bonds is 4. The lowest BCUT2D eigenvalue weighted by molar-refractivity contribution is 0.0600. The summed E-state index contributed by atoms with van der Waals surface area (Å²) in [6.45, 7) is 0.740. The van der Waals surface area contributed by atoms with Crippen LogP contribution in [0.15, 0.2) is 48.5 Å². The van der Waals surface area contributed by atoms with Crippen LogP contribution in [0, 0.1) is 0 Å². The summed E-state index contributed by atoms with van der Waals surface area (Å²) in [4.78, 5) is 11.0. The Hall–Kier alpha value is -2.53. The van der Waals surface area contributed by atoms with Crippen molar-refractivity contribution < 1.29 is 19.4 Å². The van der Waals surface area contributed by atoms with Gasteiger partial charge >= 0.3 is 5.97 Å². The molecule has 118 valence electrons. The molecule has 5 nitrogen and oxygen atoms in total. The Bertz CT molecular complexity index is 584. The van der Waals surface area contributed by atoms with Crippen molar-refractivity contribution in [1.82, 2.24) is 0 Å². The van der Waals surface area contributed by atoms with Crippen molar-refractivity contribution in [2.75, 3.05) is 20.8 Å². The first-order valence-electron chi connectivity index (χ1n) is 6.81. The second-order valence-corrected chi connectivity index (χ2v) is 4.44. The van der Waals surface area contributed by atoms with Crippen LogP contribution in [0.2, 0.25) is 0 Å². The molecule has 0 aliphatic rings. The molecule has 0 aliphatic carbocycles. The molecular weight excluding hydrogens is 282 g/mol. The van der Waals surface area contributed by atoms with Gasteiger partial charge in [0, 0.05) is 6.07 Å². The number of benzene rings is 2. The largest absolute Gasteiger partial charge is 0.508 e. The Kier molecular flexibility index (Phi) is 7.50. The maximum absolute atomic E-state index is 11.0. The van der Waals surface area contributed by atoms with Crippen LogP contribution in [-0.4, -0.2) is 31.8 Å². The van der Waals surface area contributed by atoms with Crippen molar-refractivity contribution in [2.45, 2.75) is 6.42 Å². The summed E-state index contributed by atoms with van der Waals surface area (Å²) in [6, 6.07) is 14.5. The molecule has 3 N–H and O–H groups in total. The van der Waals surface area contributed by atoms with Crippen LogP contribution in [0.3, 0.4) is 0 Å². The quantitative estimate of drug-likeness (QED) is 0.847. The molecule has 5 heteroatoms. The number of carbonyl (C=O) groups is 1. The smallest absolute Gasteiger partial charge is 0.338 e. The standard InChI is InChI=1S/C9H10O4.C8H11N/c1-12-8-4-6(9(11)13-2)3-7(10)5-8;9-7-6-8-4-2-1-3-5-8/h3-5,10H,1-2H3;1-5H,6-7,9H2. The highest BCUT2D eigenvalue weighted by Crippen LogP contribution is 2.21. The van der Waals surface area contributed by atoms with Crippen LogP contribution in [0.4, 0.5) is 0 Å². The first-order chi connectivity index (χ1) is 10.6. The Morgan fingerprint density at radius 2 is 1.82 bits per heavy atom. The summed E-state index contributed by atoms with van der Waals surface area (Å²) in [5, 5.41) is 9.18. The fourth-order valence-corrected chi connectivity index (χ4v) is 1.75. The summed E-state index contributed by atoms with van der Waals surface area (Å²) >= 11 is 0. The summed E-state index contributed by atoms with van der Waals surface area (Å²) in [5.41, 5.74) is 6.94. The van der Waals surface area contributed by atoms with Crippen LogP contribution in [0.5, 0.6) is 11.5 Å². The van der Waals surface area contributed by atoms with Crippen molar-refractivity contribution >= 4 is 5.97 Å². The number of phenolic OH excluding ortho intramolecular Hbond substituents is 1. The van der Waals surface area contributed by atoms with Crippen molar-refractivity contribution in [3.8, 4) is 11.5 Å². The third kappa shape index (κ3) is 5.85. The van der Waals surface area contributed by atoms with Gasteiger partial charge in [-0.3, -0.25) is 0 Å². The second kappa shape index (κ2) is 9.41. The van der Waals surface area contributed by atoms with Gasteiger partial charge in [-0.25, -0.2) is 4.79 Å². The van der Waals surface area contributed by atoms with Gasteiger partial charge in [0.25, 0.3) is 0 Å². The number of nitrogens with two attached hydrogens (primary N) is 1. The van der Waals surface area contributed by atoms with E-state index in [1.54, 1.807) is 0 Å². The molecule has 0 heterocycles. The van der Waals surface area contributed by atoms with Gasteiger partial charge in [0.05, 0.1) is 19.8 Å². The van der Waals surface area contributed by atoms with E-state index in [1.165, 1.54) is 38.0 Å². The average Bonchev–Trinajstić information content (AvgIpc) is 2.55. The lowest BCUT2D eigenvalue weighted by Gasteiger charge is -2.03. The molecule has 0 radical (unpaired) electrons. The molecule has 22 heavy (non-hydrogen) atoms. The summed E-state index contributed by atoms with van der Waals surface area (Å²) in [7, 11) is 2.73. The van der Waals surface area contributed by atoms with Crippen LogP contribution in [0.1, 0.15) is 15.9 Å². The first-order valence-corrected chi connectivity index (χ1v) is 6.81. The molecule has 0 aliphatic heterocycles. The van der Waals surface area contributed by atoms with Gasteiger partial charge in [-0.05, 0) is 30.7 Å². The van der Waals surface area contributed by atoms with Gasteiger partial charge in [-0.2, -0.15) is 0 Å². The Morgan fingerprint density at radius 1 is 1.14 bits per heavy atom. The maximum atomic E-state index is 11.0. The van der Waals surface area contributed by atoms with Crippen molar-refractivity contribution in [1.29, 1.82) is 0 Å². The summed E-state index contributed by atoms with van der Waals surface area (Å²) in [6.07, 6.45) is 0.987. The highest BCUT2D eigenvalue weighted by Gasteiger charge is 2.08. The van der Waals surface area contributed by atoms with Crippen LogP contribution in [-0.2, 0) is 11.2 Å². The van der Waals surface area contributed by atoms with Gasteiger partial charge < -0.3 is 20.3 Å². The van der Waals surface area contributed by atoms with E-state index in [1.807, 2.05) is 18.2 Å². The Balaban J connectivity index is 0.000000235. The van der Waals surface area contributed by atoms with E-state index in [-0.39, 0.29) is 11.3 Å². The van der Waals surface area contributed by atoms with Gasteiger partial charge in [-0.1, -0.05) is 30.3 Å². The number of hydrogen-bond donors (Lipinski definition) is 2. The molecule has 2 aromatic rings. The van der Waals surface area contributed by atoms with Crippen LogP contribution >= 0.6 is 0 Å². The number of aromatic hydroxyl groups is 1. The van der Waals surface area contributed by atoms with Gasteiger partial charge in [0.15, 0.2) is 0 Å². The highest BCUT2D eigenvalue weighted by molar-refractivity contribution is 5.90. The van der Waals surface area contributed by atoms with E-state index in [4.69, 9.17) is 10.5 Å². The monoisotopic (exact) mass is 303 g/mol. The van der Waals surface area contributed by atoms with Gasteiger partial charge in [0.2, 0.25) is 0 Å². The SMILES string of the molecule is COC(=O)c1cc(O)cc(OC)c1.NCCc1ccccc1. The Morgan fingerprint density at radius 3 is 2.36 bits per heavy atom. The van der Waals surface area contributed by atoms with E-state index in [0.29, 0.717) is 5.75 Å². The number of methoxy groups -OCH3 is 2. The number of carbonyl (C=O) groups excluding carboxylic acids is 1. The minimum Gasteiger partial charge on any atom is -0.508 e. The molecule has 0 amide bonds. The fourth-order valence-electron chi connectivity index (χ4n) is 1.75. The summed E-state index contributed by atoms with van der Waals surface area (Å²) < 4.78 is 9.35. The third-order valence-electron chi connectivity index (χ3n) is 2.82. The second-order valence-electron chi connectivity index (χ2n) is 4.44. The van der Waals surface area contributed by atoms with E-state index in [9.17, 15) is 9.90 Å². The summed E-state index contributed by atoms with van der Waals surface area (Å²) in [5.74, 6) is -0.116. The van der Waals surface area contributed by atoms with Gasteiger partial charge in [-0.15, -0.1) is 0 Å². The molecule has 2 aromatic carbocycles.